The van der Waals surface area contributed by atoms with Crippen LogP contribution in [-0.4, -0.2) is 44.1 Å². The fourth-order valence-corrected chi connectivity index (χ4v) is 4.99. The summed E-state index contributed by atoms with van der Waals surface area (Å²) in [6.45, 7) is 7.06. The fourth-order valence-electron chi connectivity index (χ4n) is 4.16. The number of nitrogens with one attached hydrogen (secondary N) is 1. The third kappa shape index (κ3) is 4.83. The molecule has 1 aromatic heterocycles. The zero-order valence-corrected chi connectivity index (χ0v) is 21.1. The van der Waals surface area contributed by atoms with Crippen LogP contribution in [0.4, 0.5) is 10.5 Å². The summed E-state index contributed by atoms with van der Waals surface area (Å²) in [7, 11) is 0. The maximum atomic E-state index is 13.0. The highest BCUT2D eigenvalue weighted by Crippen LogP contribution is 2.34. The molecule has 2 heterocycles. The number of imide groups is 1. The average molecular weight is 504 g/mol. The Balaban J connectivity index is 1.57. The second kappa shape index (κ2) is 9.87. The van der Waals surface area contributed by atoms with E-state index in [1.807, 2.05) is 49.6 Å². The molecule has 0 radical (unpaired) electrons. The van der Waals surface area contributed by atoms with Crippen molar-refractivity contribution in [1.29, 1.82) is 0 Å². The molecule has 2 N–H and O–H groups in total. The van der Waals surface area contributed by atoms with Crippen LogP contribution in [0.15, 0.2) is 53.4 Å². The fraction of sp³-hybridized carbons (Fsp3) is 0.185. The highest BCUT2D eigenvalue weighted by atomic mass is 32.2. The standard InChI is InChI=1S/C27H25N3O5S/c1-15-8-10-20(11-9-15)28-24(31)14-29-25(32)23(36-27(29)35)13-19-12-16(2)30(18(19)4)22-7-5-6-21(17(22)3)26(33)34/h5-13H,14H2,1-4H3,(H,28,31)(H,33,34)/b23-13-. The van der Waals surface area contributed by atoms with Crippen molar-refractivity contribution >= 4 is 46.5 Å². The summed E-state index contributed by atoms with van der Waals surface area (Å²) in [4.78, 5) is 50.7. The number of aromatic carboxylic acids is 1. The van der Waals surface area contributed by atoms with E-state index in [1.165, 1.54) is 0 Å². The Morgan fingerprint density at radius 3 is 2.39 bits per heavy atom. The lowest BCUT2D eigenvalue weighted by Gasteiger charge is -2.14. The second-order valence-corrected chi connectivity index (χ2v) is 9.59. The lowest BCUT2D eigenvalue weighted by atomic mass is 10.1. The van der Waals surface area contributed by atoms with E-state index in [1.54, 1.807) is 37.3 Å². The van der Waals surface area contributed by atoms with Gasteiger partial charge < -0.3 is 15.0 Å². The highest BCUT2D eigenvalue weighted by Gasteiger charge is 2.36. The molecule has 0 bridgehead atoms. The second-order valence-electron chi connectivity index (χ2n) is 8.60. The molecule has 4 rings (SSSR count). The first-order valence-corrected chi connectivity index (χ1v) is 12.0. The number of carboxylic acid groups (broad SMARTS) is 1. The Bertz CT molecular complexity index is 1440. The summed E-state index contributed by atoms with van der Waals surface area (Å²) in [6.07, 6.45) is 1.64. The summed E-state index contributed by atoms with van der Waals surface area (Å²) in [5.74, 6) is -2.00. The van der Waals surface area contributed by atoms with Gasteiger partial charge in [-0.2, -0.15) is 0 Å². The molecule has 3 aromatic rings. The maximum absolute atomic E-state index is 13.0. The van der Waals surface area contributed by atoms with Gasteiger partial charge in [-0.3, -0.25) is 19.3 Å². The summed E-state index contributed by atoms with van der Waals surface area (Å²) in [6, 6.07) is 14.2. The van der Waals surface area contributed by atoms with Crippen LogP contribution in [0, 0.1) is 27.7 Å². The third-order valence-corrected chi connectivity index (χ3v) is 6.95. The van der Waals surface area contributed by atoms with Crippen molar-refractivity contribution in [2.24, 2.45) is 0 Å². The number of carbonyl (C=O) groups excluding carboxylic acids is 3. The van der Waals surface area contributed by atoms with Gasteiger partial charge in [0.25, 0.3) is 11.1 Å². The van der Waals surface area contributed by atoms with Crippen LogP contribution in [0.2, 0.25) is 0 Å². The number of hydrogen-bond donors (Lipinski definition) is 2. The van der Waals surface area contributed by atoms with Crippen LogP contribution in [0.5, 0.6) is 0 Å². The Hall–Kier alpha value is -4.11. The molecule has 0 saturated carbocycles. The van der Waals surface area contributed by atoms with Gasteiger partial charge in [0.2, 0.25) is 5.91 Å². The van der Waals surface area contributed by atoms with E-state index in [9.17, 15) is 24.3 Å². The molecule has 0 aliphatic carbocycles. The van der Waals surface area contributed by atoms with Crippen LogP contribution in [-0.2, 0) is 9.59 Å². The van der Waals surface area contributed by atoms with Gasteiger partial charge in [-0.1, -0.05) is 23.8 Å². The van der Waals surface area contributed by atoms with Gasteiger partial charge in [0, 0.05) is 22.8 Å². The maximum Gasteiger partial charge on any atom is 0.336 e. The number of aromatic nitrogens is 1. The molecular formula is C27H25N3O5S. The number of carbonyl (C=O) groups is 4. The predicted octanol–water partition coefficient (Wildman–Crippen LogP) is 5.08. The number of anilines is 1. The first-order valence-electron chi connectivity index (χ1n) is 11.2. The van der Waals surface area contributed by atoms with Gasteiger partial charge in [-0.25, -0.2) is 4.79 Å². The first-order chi connectivity index (χ1) is 17.1. The van der Waals surface area contributed by atoms with Crippen LogP contribution in [0.1, 0.15) is 38.4 Å². The molecule has 1 saturated heterocycles. The minimum atomic E-state index is -1.00. The van der Waals surface area contributed by atoms with Crippen molar-refractivity contribution in [1.82, 2.24) is 9.47 Å². The number of aryl methyl sites for hydroxylation is 2. The quantitative estimate of drug-likeness (QED) is 0.454. The number of benzene rings is 2. The van der Waals surface area contributed by atoms with E-state index in [-0.39, 0.29) is 17.0 Å². The lowest BCUT2D eigenvalue weighted by Crippen LogP contribution is -2.36. The van der Waals surface area contributed by atoms with Crippen molar-refractivity contribution < 1.29 is 24.3 Å². The van der Waals surface area contributed by atoms with Crippen LogP contribution >= 0.6 is 11.8 Å². The number of thioether (sulfide) groups is 1. The molecule has 36 heavy (non-hydrogen) atoms. The topological polar surface area (TPSA) is 109 Å². The molecule has 0 atom stereocenters. The predicted molar refractivity (Wildman–Crippen MR) is 139 cm³/mol. The smallest absolute Gasteiger partial charge is 0.336 e. The minimum Gasteiger partial charge on any atom is -0.478 e. The molecule has 3 amide bonds. The SMILES string of the molecule is Cc1ccc(NC(=O)CN2C(=O)S/C(=C\c3cc(C)n(-c4cccc(C(=O)O)c4C)c3C)C2=O)cc1. The molecular weight excluding hydrogens is 478 g/mol. The molecule has 1 aliphatic rings. The van der Waals surface area contributed by atoms with Gasteiger partial charge in [-0.05, 0) is 87.0 Å². The van der Waals surface area contributed by atoms with Gasteiger partial charge in [0.1, 0.15) is 6.54 Å². The molecule has 8 nitrogen and oxygen atoms in total. The van der Waals surface area contributed by atoms with E-state index in [0.29, 0.717) is 11.3 Å². The number of rotatable bonds is 6. The molecule has 1 fully saturated rings. The van der Waals surface area contributed by atoms with Crippen molar-refractivity contribution in [2.75, 3.05) is 11.9 Å². The Morgan fingerprint density at radius 1 is 1.03 bits per heavy atom. The molecule has 9 heteroatoms. The monoisotopic (exact) mass is 503 g/mol. The first kappa shape index (κ1) is 25.0. The molecule has 0 unspecified atom stereocenters. The molecule has 0 spiro atoms. The van der Waals surface area contributed by atoms with Crippen LogP contribution < -0.4 is 5.32 Å². The highest BCUT2D eigenvalue weighted by molar-refractivity contribution is 8.18. The molecule has 1 aliphatic heterocycles. The van der Waals surface area contributed by atoms with Gasteiger partial charge in [0.15, 0.2) is 0 Å². The number of amides is 3. The van der Waals surface area contributed by atoms with E-state index in [2.05, 4.69) is 5.32 Å². The van der Waals surface area contributed by atoms with Gasteiger partial charge in [0.05, 0.1) is 10.5 Å². The summed E-state index contributed by atoms with van der Waals surface area (Å²) in [5, 5.41) is 11.7. The van der Waals surface area contributed by atoms with Gasteiger partial charge >= 0.3 is 5.97 Å². The Labute approximate surface area is 212 Å². The summed E-state index contributed by atoms with van der Waals surface area (Å²) in [5.41, 5.74) is 5.57. The Morgan fingerprint density at radius 2 is 1.72 bits per heavy atom. The van der Waals surface area contributed by atoms with Crippen LogP contribution in [0.25, 0.3) is 11.8 Å². The number of hydrogen-bond acceptors (Lipinski definition) is 5. The van der Waals surface area contributed by atoms with Crippen LogP contribution in [0.3, 0.4) is 0 Å². The number of carboxylic acids is 1. The van der Waals surface area contributed by atoms with Crippen molar-refractivity contribution in [3.05, 3.63) is 87.1 Å². The Kier molecular flexibility index (Phi) is 6.85. The third-order valence-electron chi connectivity index (χ3n) is 6.04. The largest absolute Gasteiger partial charge is 0.478 e. The van der Waals surface area contributed by atoms with Gasteiger partial charge in [-0.15, -0.1) is 0 Å². The van der Waals surface area contributed by atoms with Crippen molar-refractivity contribution in [3.8, 4) is 5.69 Å². The molecule has 184 valence electrons. The van der Waals surface area contributed by atoms with Crippen molar-refractivity contribution in [3.63, 3.8) is 0 Å². The average Bonchev–Trinajstić information content (AvgIpc) is 3.24. The number of nitrogens with zero attached hydrogens (tertiary/aromatic N) is 2. The zero-order chi connectivity index (χ0) is 26.1. The van der Waals surface area contributed by atoms with Crippen molar-refractivity contribution in [2.45, 2.75) is 27.7 Å². The van der Waals surface area contributed by atoms with E-state index >= 15 is 0 Å². The minimum absolute atomic E-state index is 0.214. The van der Waals surface area contributed by atoms with E-state index < -0.39 is 23.0 Å². The normalized spacial score (nSPS) is 14.6. The van der Waals surface area contributed by atoms with E-state index in [0.717, 1.165) is 44.9 Å². The molecule has 2 aromatic carbocycles. The summed E-state index contributed by atoms with van der Waals surface area (Å²) < 4.78 is 1.92. The van der Waals surface area contributed by atoms with E-state index in [4.69, 9.17) is 0 Å². The lowest BCUT2D eigenvalue weighted by molar-refractivity contribution is -0.127. The summed E-state index contributed by atoms with van der Waals surface area (Å²) >= 11 is 0.788. The zero-order valence-electron chi connectivity index (χ0n) is 20.3.